The number of aromatic nitrogens is 1. The molecule has 0 aliphatic carbocycles. The fourth-order valence-corrected chi connectivity index (χ4v) is 2.18. The van der Waals surface area contributed by atoms with Crippen molar-refractivity contribution in [3.05, 3.63) is 29.6 Å². The normalized spacial score (nSPS) is 15.7. The van der Waals surface area contributed by atoms with Crippen molar-refractivity contribution in [3.63, 3.8) is 0 Å². The number of hydrogen-bond donors (Lipinski definition) is 1. The van der Waals surface area contributed by atoms with Gasteiger partial charge in [-0.05, 0) is 18.1 Å². The maximum absolute atomic E-state index is 12.3. The topological polar surface area (TPSA) is 60.5 Å². The van der Waals surface area contributed by atoms with Crippen LogP contribution in [-0.4, -0.2) is 42.2 Å². The molecule has 1 aliphatic heterocycles. The first-order valence-electron chi connectivity index (χ1n) is 5.99. The minimum absolute atomic E-state index is 0.0296. The van der Waals surface area contributed by atoms with E-state index in [4.69, 9.17) is 10.5 Å². The Morgan fingerprint density at radius 3 is 2.83 bits per heavy atom. The molecule has 0 aromatic carbocycles. The van der Waals surface area contributed by atoms with Crippen LogP contribution >= 0.6 is 0 Å². The van der Waals surface area contributed by atoms with Gasteiger partial charge in [-0.25, -0.2) is 0 Å². The Balaban J connectivity index is 2.06. The third-order valence-electron chi connectivity index (χ3n) is 3.17. The molecule has 1 amide bonds. The van der Waals surface area contributed by atoms with E-state index in [1.54, 1.807) is 23.9 Å². The van der Waals surface area contributed by atoms with Crippen molar-refractivity contribution in [3.8, 4) is 0 Å². The van der Waals surface area contributed by atoms with E-state index in [2.05, 4.69) is 6.08 Å². The molecule has 0 radical (unpaired) electrons. The summed E-state index contributed by atoms with van der Waals surface area (Å²) in [6.07, 6.45) is 4.69. The summed E-state index contributed by atoms with van der Waals surface area (Å²) in [5, 5.41) is 0. The zero-order chi connectivity index (χ0) is 13.1. The van der Waals surface area contributed by atoms with Crippen molar-refractivity contribution in [2.75, 3.05) is 32.5 Å². The van der Waals surface area contributed by atoms with E-state index >= 15 is 0 Å². The Bertz CT molecular complexity index is 477. The lowest BCUT2D eigenvalue weighted by Crippen LogP contribution is -2.36. The van der Waals surface area contributed by atoms with Gasteiger partial charge in [0.2, 0.25) is 0 Å². The van der Waals surface area contributed by atoms with E-state index in [1.807, 2.05) is 11.9 Å². The van der Waals surface area contributed by atoms with Gasteiger partial charge < -0.3 is 19.9 Å². The van der Waals surface area contributed by atoms with Crippen LogP contribution < -0.4 is 5.73 Å². The van der Waals surface area contributed by atoms with Crippen molar-refractivity contribution in [2.24, 2.45) is 7.05 Å². The summed E-state index contributed by atoms with van der Waals surface area (Å²) in [6.45, 7) is 2.03. The van der Waals surface area contributed by atoms with Gasteiger partial charge in [0.25, 0.3) is 5.91 Å². The average molecular weight is 249 g/mol. The molecule has 5 nitrogen and oxygen atoms in total. The Morgan fingerprint density at radius 1 is 1.56 bits per heavy atom. The Morgan fingerprint density at radius 2 is 2.33 bits per heavy atom. The number of carbonyl (C=O) groups is 1. The number of ether oxygens (including phenoxy) is 1. The number of rotatable bonds is 3. The molecule has 0 unspecified atom stereocenters. The first-order valence-corrected chi connectivity index (χ1v) is 5.99. The SMILES string of the molecule is COCC1=CCN(C(=O)c2cc(N)cn2C)CC1. The van der Waals surface area contributed by atoms with Gasteiger partial charge in [-0.15, -0.1) is 0 Å². The number of nitrogen functional groups attached to an aromatic ring is 1. The highest BCUT2D eigenvalue weighted by atomic mass is 16.5. The van der Waals surface area contributed by atoms with Crippen molar-refractivity contribution in [1.29, 1.82) is 0 Å². The lowest BCUT2D eigenvalue weighted by atomic mass is 10.1. The Labute approximate surface area is 107 Å². The first-order chi connectivity index (χ1) is 8.61. The number of carbonyl (C=O) groups excluding carboxylic acids is 1. The predicted octanol–water partition coefficient (Wildman–Crippen LogP) is 1.03. The van der Waals surface area contributed by atoms with Gasteiger partial charge in [-0.3, -0.25) is 4.79 Å². The van der Waals surface area contributed by atoms with Gasteiger partial charge in [-0.2, -0.15) is 0 Å². The molecule has 0 saturated carbocycles. The fourth-order valence-electron chi connectivity index (χ4n) is 2.18. The molecule has 2 rings (SSSR count). The van der Waals surface area contributed by atoms with Crippen LogP contribution in [-0.2, 0) is 11.8 Å². The van der Waals surface area contributed by atoms with E-state index in [0.29, 0.717) is 24.5 Å². The van der Waals surface area contributed by atoms with Crippen LogP contribution in [0, 0.1) is 0 Å². The van der Waals surface area contributed by atoms with Gasteiger partial charge >= 0.3 is 0 Å². The maximum atomic E-state index is 12.3. The molecular formula is C13H19N3O2. The summed E-state index contributed by atoms with van der Waals surface area (Å²) >= 11 is 0. The largest absolute Gasteiger partial charge is 0.397 e. The van der Waals surface area contributed by atoms with Gasteiger partial charge in [0, 0.05) is 33.4 Å². The molecule has 18 heavy (non-hydrogen) atoms. The standard InChI is InChI=1S/C13H19N3O2/c1-15-8-11(14)7-12(15)13(17)16-5-3-10(4-6-16)9-18-2/h3,7-8H,4-6,9,14H2,1-2H3. The van der Waals surface area contributed by atoms with Crippen LogP contribution in [0.15, 0.2) is 23.9 Å². The molecule has 2 heterocycles. The molecule has 0 bridgehead atoms. The number of methoxy groups -OCH3 is 1. The number of hydrogen-bond acceptors (Lipinski definition) is 3. The van der Waals surface area contributed by atoms with Crippen molar-refractivity contribution in [2.45, 2.75) is 6.42 Å². The third kappa shape index (κ3) is 2.56. The molecule has 0 saturated heterocycles. The van der Waals surface area contributed by atoms with Crippen LogP contribution in [0.3, 0.4) is 0 Å². The monoisotopic (exact) mass is 249 g/mol. The second-order valence-corrected chi connectivity index (χ2v) is 4.57. The molecule has 2 N–H and O–H groups in total. The second kappa shape index (κ2) is 5.27. The van der Waals surface area contributed by atoms with E-state index in [0.717, 1.165) is 13.0 Å². The first kappa shape index (κ1) is 12.7. The van der Waals surface area contributed by atoms with Crippen LogP contribution in [0.25, 0.3) is 0 Å². The Hall–Kier alpha value is -1.75. The fraction of sp³-hybridized carbons (Fsp3) is 0.462. The summed E-state index contributed by atoms with van der Waals surface area (Å²) in [7, 11) is 3.52. The summed E-state index contributed by atoms with van der Waals surface area (Å²) in [4.78, 5) is 14.1. The van der Waals surface area contributed by atoms with Gasteiger partial charge in [0.1, 0.15) is 5.69 Å². The zero-order valence-electron chi connectivity index (χ0n) is 10.8. The van der Waals surface area contributed by atoms with Crippen LogP contribution in [0.4, 0.5) is 5.69 Å². The van der Waals surface area contributed by atoms with E-state index in [1.165, 1.54) is 5.57 Å². The molecule has 1 aromatic rings. The quantitative estimate of drug-likeness (QED) is 0.814. The molecule has 1 aliphatic rings. The summed E-state index contributed by atoms with van der Waals surface area (Å²) in [5.41, 5.74) is 8.20. The van der Waals surface area contributed by atoms with Gasteiger partial charge in [0.05, 0.1) is 12.3 Å². The van der Waals surface area contributed by atoms with Crippen molar-refractivity contribution >= 4 is 11.6 Å². The molecule has 0 fully saturated rings. The maximum Gasteiger partial charge on any atom is 0.270 e. The van der Waals surface area contributed by atoms with Crippen LogP contribution in [0.1, 0.15) is 16.9 Å². The number of amides is 1. The van der Waals surface area contributed by atoms with Crippen LogP contribution in [0.5, 0.6) is 0 Å². The highest BCUT2D eigenvalue weighted by molar-refractivity contribution is 5.94. The highest BCUT2D eigenvalue weighted by Gasteiger charge is 2.20. The predicted molar refractivity (Wildman–Crippen MR) is 70.3 cm³/mol. The van der Waals surface area contributed by atoms with Crippen molar-refractivity contribution < 1.29 is 9.53 Å². The second-order valence-electron chi connectivity index (χ2n) is 4.57. The summed E-state index contributed by atoms with van der Waals surface area (Å²) in [6, 6.07) is 1.72. The third-order valence-corrected chi connectivity index (χ3v) is 3.17. The lowest BCUT2D eigenvalue weighted by molar-refractivity contribution is 0.0755. The molecule has 0 atom stereocenters. The zero-order valence-corrected chi connectivity index (χ0v) is 10.8. The number of nitrogens with zero attached hydrogens (tertiary/aromatic N) is 2. The van der Waals surface area contributed by atoms with E-state index in [-0.39, 0.29) is 5.91 Å². The lowest BCUT2D eigenvalue weighted by Gasteiger charge is -2.26. The number of anilines is 1. The van der Waals surface area contributed by atoms with E-state index < -0.39 is 0 Å². The van der Waals surface area contributed by atoms with Gasteiger partial charge in [0.15, 0.2) is 0 Å². The molecule has 0 spiro atoms. The Kier molecular flexibility index (Phi) is 3.72. The minimum Gasteiger partial charge on any atom is -0.397 e. The van der Waals surface area contributed by atoms with E-state index in [9.17, 15) is 4.79 Å². The summed E-state index contributed by atoms with van der Waals surface area (Å²) < 4.78 is 6.86. The minimum atomic E-state index is 0.0296. The summed E-state index contributed by atoms with van der Waals surface area (Å²) in [5.74, 6) is 0.0296. The van der Waals surface area contributed by atoms with Crippen LogP contribution in [0.2, 0.25) is 0 Å². The molecule has 98 valence electrons. The molecule has 1 aromatic heterocycles. The highest BCUT2D eigenvalue weighted by Crippen LogP contribution is 2.16. The number of nitrogens with two attached hydrogens (primary N) is 1. The molecular weight excluding hydrogens is 230 g/mol. The number of aryl methyl sites for hydroxylation is 1. The van der Waals surface area contributed by atoms with Gasteiger partial charge in [-0.1, -0.05) is 6.08 Å². The smallest absolute Gasteiger partial charge is 0.270 e. The molecule has 5 heteroatoms. The average Bonchev–Trinajstić information content (AvgIpc) is 2.69. The van der Waals surface area contributed by atoms with Crippen molar-refractivity contribution in [1.82, 2.24) is 9.47 Å².